The van der Waals surface area contributed by atoms with Gasteiger partial charge in [-0.15, -0.1) is 0 Å². The first-order chi connectivity index (χ1) is 10.6. The van der Waals surface area contributed by atoms with E-state index in [1.807, 2.05) is 44.2 Å². The highest BCUT2D eigenvalue weighted by molar-refractivity contribution is 5.73. The fraction of sp³-hybridized carbons (Fsp3) is 0.353. The van der Waals surface area contributed by atoms with Crippen LogP contribution in [0.4, 0.5) is 0 Å². The Morgan fingerprint density at radius 2 is 1.82 bits per heavy atom. The second kappa shape index (κ2) is 7.66. The summed E-state index contributed by atoms with van der Waals surface area (Å²) in [5, 5.41) is 12.2. The molecule has 5 heteroatoms. The van der Waals surface area contributed by atoms with Crippen LogP contribution in [-0.4, -0.2) is 27.1 Å². The topological polar surface area (TPSA) is 75.1 Å². The lowest BCUT2D eigenvalue weighted by atomic mass is 10.0. The van der Waals surface area contributed by atoms with Gasteiger partial charge in [0.15, 0.2) is 5.82 Å². The van der Waals surface area contributed by atoms with Crippen molar-refractivity contribution < 1.29 is 9.90 Å². The van der Waals surface area contributed by atoms with E-state index in [4.69, 9.17) is 0 Å². The number of hydrogen-bond acceptors (Lipinski definition) is 4. The van der Waals surface area contributed by atoms with E-state index in [1.165, 1.54) is 0 Å². The van der Waals surface area contributed by atoms with Crippen LogP contribution in [0.1, 0.15) is 25.8 Å². The number of nitrogens with zero attached hydrogens (tertiary/aromatic N) is 2. The zero-order valence-corrected chi connectivity index (χ0v) is 12.9. The first-order valence-electron chi connectivity index (χ1n) is 7.39. The molecule has 0 amide bonds. The SMILES string of the molecule is CC(C)C[C@@H](NCc1cnc(-c2ccccc2)nc1)C(=O)O. The molecule has 0 aliphatic rings. The Labute approximate surface area is 130 Å². The Morgan fingerprint density at radius 3 is 2.36 bits per heavy atom. The summed E-state index contributed by atoms with van der Waals surface area (Å²) in [7, 11) is 0. The highest BCUT2D eigenvalue weighted by Gasteiger charge is 2.18. The Hall–Kier alpha value is -2.27. The molecule has 0 bridgehead atoms. The summed E-state index contributed by atoms with van der Waals surface area (Å²) in [5.74, 6) is 0.169. The highest BCUT2D eigenvalue weighted by atomic mass is 16.4. The van der Waals surface area contributed by atoms with Gasteiger partial charge in [0.2, 0.25) is 0 Å². The number of carboxylic acids is 1. The molecule has 22 heavy (non-hydrogen) atoms. The van der Waals surface area contributed by atoms with Crippen LogP contribution in [0, 0.1) is 5.92 Å². The third kappa shape index (κ3) is 4.63. The normalized spacial score (nSPS) is 12.3. The lowest BCUT2D eigenvalue weighted by Gasteiger charge is -2.16. The maximum atomic E-state index is 11.2. The van der Waals surface area contributed by atoms with E-state index in [2.05, 4.69) is 15.3 Å². The molecule has 0 radical (unpaired) electrons. The van der Waals surface area contributed by atoms with Gasteiger partial charge < -0.3 is 10.4 Å². The number of hydrogen-bond donors (Lipinski definition) is 2. The minimum absolute atomic E-state index is 0.324. The molecule has 2 N–H and O–H groups in total. The van der Waals surface area contributed by atoms with Gasteiger partial charge in [0.1, 0.15) is 6.04 Å². The van der Waals surface area contributed by atoms with Gasteiger partial charge in [-0.25, -0.2) is 9.97 Å². The Balaban J connectivity index is 1.98. The van der Waals surface area contributed by atoms with Gasteiger partial charge in [-0.2, -0.15) is 0 Å². The smallest absolute Gasteiger partial charge is 0.320 e. The van der Waals surface area contributed by atoms with Crippen molar-refractivity contribution in [1.82, 2.24) is 15.3 Å². The molecule has 2 rings (SSSR count). The monoisotopic (exact) mass is 299 g/mol. The van der Waals surface area contributed by atoms with E-state index in [0.29, 0.717) is 24.7 Å². The molecule has 1 aromatic heterocycles. The first-order valence-corrected chi connectivity index (χ1v) is 7.39. The van der Waals surface area contributed by atoms with E-state index in [1.54, 1.807) is 12.4 Å². The van der Waals surface area contributed by atoms with Gasteiger partial charge in [0, 0.05) is 30.1 Å². The van der Waals surface area contributed by atoms with Crippen molar-refractivity contribution in [2.24, 2.45) is 5.92 Å². The van der Waals surface area contributed by atoms with Crippen LogP contribution >= 0.6 is 0 Å². The summed E-state index contributed by atoms with van der Waals surface area (Å²) in [6.07, 6.45) is 4.06. The molecule has 0 saturated heterocycles. The third-order valence-electron chi connectivity index (χ3n) is 3.30. The number of carbonyl (C=O) groups is 1. The molecule has 0 unspecified atom stereocenters. The van der Waals surface area contributed by atoms with Crippen LogP contribution in [0.25, 0.3) is 11.4 Å². The number of rotatable bonds is 7. The van der Waals surface area contributed by atoms with Crippen LogP contribution in [-0.2, 0) is 11.3 Å². The van der Waals surface area contributed by atoms with Gasteiger partial charge in [-0.3, -0.25) is 4.79 Å². The number of aliphatic carboxylic acids is 1. The number of benzene rings is 1. The van der Waals surface area contributed by atoms with Crippen LogP contribution < -0.4 is 5.32 Å². The maximum absolute atomic E-state index is 11.2. The van der Waals surface area contributed by atoms with E-state index in [0.717, 1.165) is 11.1 Å². The zero-order valence-electron chi connectivity index (χ0n) is 12.9. The highest BCUT2D eigenvalue weighted by Crippen LogP contribution is 2.13. The number of nitrogens with one attached hydrogen (secondary N) is 1. The average Bonchev–Trinajstić information content (AvgIpc) is 2.52. The van der Waals surface area contributed by atoms with Crippen molar-refractivity contribution >= 4 is 5.97 Å². The molecule has 0 saturated carbocycles. The second-order valence-corrected chi connectivity index (χ2v) is 5.68. The van der Waals surface area contributed by atoms with Crippen molar-refractivity contribution in [1.29, 1.82) is 0 Å². The average molecular weight is 299 g/mol. The van der Waals surface area contributed by atoms with E-state index >= 15 is 0 Å². The lowest BCUT2D eigenvalue weighted by Crippen LogP contribution is -2.37. The Kier molecular flexibility index (Phi) is 5.61. The molecule has 5 nitrogen and oxygen atoms in total. The van der Waals surface area contributed by atoms with Gasteiger partial charge in [0.25, 0.3) is 0 Å². The van der Waals surface area contributed by atoms with Crippen LogP contribution in [0.5, 0.6) is 0 Å². The molecule has 116 valence electrons. The number of carboxylic acid groups (broad SMARTS) is 1. The Morgan fingerprint density at radius 1 is 1.18 bits per heavy atom. The summed E-state index contributed by atoms with van der Waals surface area (Å²) in [6.45, 7) is 4.46. The molecule has 0 aliphatic heterocycles. The zero-order chi connectivity index (χ0) is 15.9. The van der Waals surface area contributed by atoms with E-state index in [-0.39, 0.29) is 0 Å². The predicted octanol–water partition coefficient (Wildman–Crippen LogP) is 2.73. The fourth-order valence-electron chi connectivity index (χ4n) is 2.17. The molecule has 2 aromatic rings. The quantitative estimate of drug-likeness (QED) is 0.822. The van der Waals surface area contributed by atoms with Crippen LogP contribution in [0.15, 0.2) is 42.7 Å². The standard InChI is InChI=1S/C17H21N3O2/c1-12(2)8-15(17(21)22)18-9-13-10-19-16(20-11-13)14-6-4-3-5-7-14/h3-7,10-12,15,18H,8-9H2,1-2H3,(H,21,22)/t15-/m1/s1. The predicted molar refractivity (Wildman–Crippen MR) is 85.2 cm³/mol. The van der Waals surface area contributed by atoms with Crippen LogP contribution in [0.3, 0.4) is 0 Å². The largest absolute Gasteiger partial charge is 0.480 e. The molecule has 1 aromatic carbocycles. The summed E-state index contributed by atoms with van der Waals surface area (Å²) < 4.78 is 0. The van der Waals surface area contributed by atoms with Crippen molar-refractivity contribution in [3.05, 3.63) is 48.3 Å². The van der Waals surface area contributed by atoms with Gasteiger partial charge in [-0.1, -0.05) is 44.2 Å². The van der Waals surface area contributed by atoms with Gasteiger partial charge >= 0.3 is 5.97 Å². The molecule has 0 aliphatic carbocycles. The van der Waals surface area contributed by atoms with Crippen molar-refractivity contribution in [2.75, 3.05) is 0 Å². The minimum Gasteiger partial charge on any atom is -0.480 e. The first kappa shape index (κ1) is 16.1. The molecular formula is C17H21N3O2. The Bertz CT molecular complexity index is 597. The van der Waals surface area contributed by atoms with Crippen molar-refractivity contribution in [3.63, 3.8) is 0 Å². The van der Waals surface area contributed by atoms with Crippen LogP contribution in [0.2, 0.25) is 0 Å². The van der Waals surface area contributed by atoms with E-state index < -0.39 is 12.0 Å². The van der Waals surface area contributed by atoms with Crippen molar-refractivity contribution in [3.8, 4) is 11.4 Å². The molecular weight excluding hydrogens is 278 g/mol. The van der Waals surface area contributed by atoms with E-state index in [9.17, 15) is 9.90 Å². The van der Waals surface area contributed by atoms with Crippen molar-refractivity contribution in [2.45, 2.75) is 32.9 Å². The lowest BCUT2D eigenvalue weighted by molar-refractivity contribution is -0.140. The molecule has 1 heterocycles. The molecule has 0 spiro atoms. The summed E-state index contributed by atoms with van der Waals surface area (Å²) in [5.41, 5.74) is 1.83. The minimum atomic E-state index is -0.824. The second-order valence-electron chi connectivity index (χ2n) is 5.68. The number of aromatic nitrogens is 2. The summed E-state index contributed by atoms with van der Waals surface area (Å²) >= 11 is 0. The fourth-order valence-corrected chi connectivity index (χ4v) is 2.17. The van der Waals surface area contributed by atoms with Gasteiger partial charge in [0.05, 0.1) is 0 Å². The molecule has 1 atom stereocenters. The van der Waals surface area contributed by atoms with Gasteiger partial charge in [-0.05, 0) is 12.3 Å². The summed E-state index contributed by atoms with van der Waals surface area (Å²) in [4.78, 5) is 19.9. The molecule has 0 fully saturated rings. The maximum Gasteiger partial charge on any atom is 0.320 e. The summed E-state index contributed by atoms with van der Waals surface area (Å²) in [6, 6.07) is 9.19. The third-order valence-corrected chi connectivity index (χ3v) is 3.30.